The number of benzene rings is 1. The van der Waals surface area contributed by atoms with E-state index in [0.29, 0.717) is 12.1 Å². The van der Waals surface area contributed by atoms with E-state index in [0.717, 1.165) is 39.2 Å². The number of hydrogen-bond acceptors (Lipinski definition) is 3. The molecule has 3 heteroatoms. The lowest BCUT2D eigenvalue weighted by Gasteiger charge is -2.37. The largest absolute Gasteiger partial charge is 0.374 e. The van der Waals surface area contributed by atoms with Gasteiger partial charge in [-0.05, 0) is 32.0 Å². The minimum atomic E-state index is 0.296. The van der Waals surface area contributed by atoms with Gasteiger partial charge in [-0.2, -0.15) is 0 Å². The van der Waals surface area contributed by atoms with Gasteiger partial charge in [0.25, 0.3) is 0 Å². The Balaban J connectivity index is 2.02. The molecule has 1 aromatic carbocycles. The van der Waals surface area contributed by atoms with Crippen molar-refractivity contribution in [2.45, 2.75) is 39.3 Å². The van der Waals surface area contributed by atoms with Crippen molar-refractivity contribution in [3.05, 3.63) is 35.4 Å². The third-order valence-corrected chi connectivity index (χ3v) is 4.08. The van der Waals surface area contributed by atoms with Gasteiger partial charge in [0.1, 0.15) is 0 Å². The highest BCUT2D eigenvalue weighted by Gasteiger charge is 2.27. The zero-order valence-corrected chi connectivity index (χ0v) is 13.1. The van der Waals surface area contributed by atoms with E-state index in [-0.39, 0.29) is 0 Å². The van der Waals surface area contributed by atoms with E-state index in [2.05, 4.69) is 55.3 Å². The molecule has 0 amide bonds. The van der Waals surface area contributed by atoms with Crippen LogP contribution >= 0.6 is 0 Å². The summed E-state index contributed by atoms with van der Waals surface area (Å²) in [7, 11) is 0. The van der Waals surface area contributed by atoms with Crippen molar-refractivity contribution in [1.29, 1.82) is 0 Å². The Bertz CT molecular complexity index is 408. The molecule has 0 bridgehead atoms. The second-order valence-corrected chi connectivity index (χ2v) is 5.66. The lowest BCUT2D eigenvalue weighted by molar-refractivity contribution is -0.0445. The molecule has 0 spiro atoms. The van der Waals surface area contributed by atoms with Crippen LogP contribution in [0.4, 0.5) is 0 Å². The first-order valence-electron chi connectivity index (χ1n) is 7.85. The molecule has 1 fully saturated rings. The zero-order valence-electron chi connectivity index (χ0n) is 13.1. The summed E-state index contributed by atoms with van der Waals surface area (Å²) in [5, 5.41) is 3.61. The number of rotatable bonds is 6. The summed E-state index contributed by atoms with van der Waals surface area (Å²) in [6.45, 7) is 11.6. The topological polar surface area (TPSA) is 24.5 Å². The van der Waals surface area contributed by atoms with Crippen LogP contribution in [-0.2, 0) is 11.2 Å². The highest BCUT2D eigenvalue weighted by Crippen LogP contribution is 2.14. The van der Waals surface area contributed by atoms with Crippen molar-refractivity contribution < 1.29 is 4.74 Å². The molecule has 1 heterocycles. The SMILES string of the molecule is CCNC(Cc1cccc(C)c1)C1CN(CC)CCO1. The fourth-order valence-electron chi connectivity index (χ4n) is 2.95. The molecule has 1 saturated heterocycles. The zero-order chi connectivity index (χ0) is 14.4. The van der Waals surface area contributed by atoms with Gasteiger partial charge in [0.2, 0.25) is 0 Å². The maximum Gasteiger partial charge on any atom is 0.0858 e. The van der Waals surface area contributed by atoms with E-state index in [4.69, 9.17) is 4.74 Å². The molecule has 0 saturated carbocycles. The Morgan fingerprint density at radius 2 is 2.25 bits per heavy atom. The van der Waals surface area contributed by atoms with Crippen molar-refractivity contribution in [2.75, 3.05) is 32.8 Å². The molecule has 3 nitrogen and oxygen atoms in total. The van der Waals surface area contributed by atoms with Crippen LogP contribution in [0.1, 0.15) is 25.0 Å². The molecule has 2 unspecified atom stereocenters. The molecule has 0 aliphatic carbocycles. The minimum absolute atomic E-state index is 0.296. The van der Waals surface area contributed by atoms with Crippen molar-refractivity contribution in [3.8, 4) is 0 Å². The second-order valence-electron chi connectivity index (χ2n) is 5.66. The van der Waals surface area contributed by atoms with E-state index in [9.17, 15) is 0 Å². The van der Waals surface area contributed by atoms with Crippen LogP contribution in [0.2, 0.25) is 0 Å². The summed E-state index contributed by atoms with van der Waals surface area (Å²) < 4.78 is 6.02. The molecular formula is C17H28N2O. The Hall–Kier alpha value is -0.900. The quantitative estimate of drug-likeness (QED) is 0.862. The Morgan fingerprint density at radius 3 is 2.95 bits per heavy atom. The van der Waals surface area contributed by atoms with Crippen molar-refractivity contribution >= 4 is 0 Å². The fraction of sp³-hybridized carbons (Fsp3) is 0.647. The van der Waals surface area contributed by atoms with Crippen molar-refractivity contribution in [3.63, 3.8) is 0 Å². The molecule has 1 aliphatic rings. The van der Waals surface area contributed by atoms with Crippen LogP contribution in [0.5, 0.6) is 0 Å². The molecule has 1 N–H and O–H groups in total. The first-order valence-corrected chi connectivity index (χ1v) is 7.85. The number of aryl methyl sites for hydroxylation is 1. The minimum Gasteiger partial charge on any atom is -0.374 e. The smallest absolute Gasteiger partial charge is 0.0858 e. The van der Waals surface area contributed by atoms with Gasteiger partial charge in [0, 0.05) is 19.1 Å². The maximum atomic E-state index is 6.02. The van der Waals surface area contributed by atoms with Crippen LogP contribution in [0.3, 0.4) is 0 Å². The van der Waals surface area contributed by atoms with Gasteiger partial charge in [0.05, 0.1) is 12.7 Å². The van der Waals surface area contributed by atoms with Crippen LogP contribution in [0.15, 0.2) is 24.3 Å². The van der Waals surface area contributed by atoms with E-state index in [1.54, 1.807) is 0 Å². The van der Waals surface area contributed by atoms with Crippen LogP contribution in [-0.4, -0.2) is 49.8 Å². The monoisotopic (exact) mass is 276 g/mol. The summed E-state index contributed by atoms with van der Waals surface area (Å²) in [6.07, 6.45) is 1.33. The third kappa shape index (κ3) is 4.30. The highest BCUT2D eigenvalue weighted by atomic mass is 16.5. The van der Waals surface area contributed by atoms with E-state index >= 15 is 0 Å². The third-order valence-electron chi connectivity index (χ3n) is 4.08. The number of nitrogens with one attached hydrogen (secondary N) is 1. The first-order chi connectivity index (χ1) is 9.72. The van der Waals surface area contributed by atoms with Gasteiger partial charge in [-0.25, -0.2) is 0 Å². The fourth-order valence-corrected chi connectivity index (χ4v) is 2.95. The lowest BCUT2D eigenvalue weighted by Crippen LogP contribution is -2.53. The first kappa shape index (κ1) is 15.5. The summed E-state index contributed by atoms with van der Waals surface area (Å²) in [4.78, 5) is 2.48. The molecule has 0 aromatic heterocycles. The summed E-state index contributed by atoms with van der Waals surface area (Å²) in [5.74, 6) is 0. The normalized spacial score (nSPS) is 21.9. The number of ether oxygens (including phenoxy) is 1. The highest BCUT2D eigenvalue weighted by molar-refractivity contribution is 5.23. The van der Waals surface area contributed by atoms with E-state index in [1.807, 2.05) is 0 Å². The van der Waals surface area contributed by atoms with Crippen LogP contribution in [0, 0.1) is 6.92 Å². The molecule has 2 rings (SSSR count). The van der Waals surface area contributed by atoms with Gasteiger partial charge < -0.3 is 10.1 Å². The maximum absolute atomic E-state index is 6.02. The number of hydrogen-bond donors (Lipinski definition) is 1. The second kappa shape index (κ2) is 7.77. The number of nitrogens with zero attached hydrogens (tertiary/aromatic N) is 1. The average molecular weight is 276 g/mol. The van der Waals surface area contributed by atoms with Gasteiger partial charge >= 0.3 is 0 Å². The molecule has 0 radical (unpaired) electrons. The Labute approximate surface area is 123 Å². The predicted octanol–water partition coefficient (Wildman–Crippen LogP) is 2.24. The number of likely N-dealkylation sites (N-methyl/N-ethyl adjacent to an activating group) is 2. The molecule has 1 aliphatic heterocycles. The van der Waals surface area contributed by atoms with Crippen LogP contribution < -0.4 is 5.32 Å². The number of morpholine rings is 1. The van der Waals surface area contributed by atoms with Gasteiger partial charge in [-0.1, -0.05) is 43.7 Å². The average Bonchev–Trinajstić information content (AvgIpc) is 2.47. The summed E-state index contributed by atoms with van der Waals surface area (Å²) in [6, 6.07) is 9.20. The standard InChI is InChI=1S/C17H28N2O/c1-4-18-16(12-15-8-6-7-14(3)11-15)17-13-19(5-2)9-10-20-17/h6-8,11,16-18H,4-5,9-10,12-13H2,1-3H3. The van der Waals surface area contributed by atoms with Gasteiger partial charge in [-0.3, -0.25) is 4.90 Å². The predicted molar refractivity (Wildman–Crippen MR) is 84.2 cm³/mol. The van der Waals surface area contributed by atoms with Crippen molar-refractivity contribution in [2.24, 2.45) is 0 Å². The Kier molecular flexibility index (Phi) is 6.02. The van der Waals surface area contributed by atoms with Gasteiger partial charge in [0.15, 0.2) is 0 Å². The van der Waals surface area contributed by atoms with E-state index in [1.165, 1.54) is 11.1 Å². The lowest BCUT2D eigenvalue weighted by atomic mass is 9.98. The van der Waals surface area contributed by atoms with Gasteiger partial charge in [-0.15, -0.1) is 0 Å². The molecular weight excluding hydrogens is 248 g/mol. The summed E-state index contributed by atoms with van der Waals surface area (Å²) >= 11 is 0. The van der Waals surface area contributed by atoms with Crippen molar-refractivity contribution in [1.82, 2.24) is 10.2 Å². The molecule has 20 heavy (non-hydrogen) atoms. The molecule has 112 valence electrons. The van der Waals surface area contributed by atoms with E-state index < -0.39 is 0 Å². The Morgan fingerprint density at radius 1 is 1.40 bits per heavy atom. The molecule has 1 aromatic rings. The summed E-state index contributed by atoms with van der Waals surface area (Å²) in [5.41, 5.74) is 2.73. The van der Waals surface area contributed by atoms with Crippen LogP contribution in [0.25, 0.3) is 0 Å². The molecule has 2 atom stereocenters.